The van der Waals surface area contributed by atoms with Gasteiger partial charge in [-0.25, -0.2) is 0 Å². The number of likely N-dealkylation sites (N-methyl/N-ethyl adjacent to an activating group) is 2. The molecule has 0 unspecified atom stereocenters. The highest BCUT2D eigenvalue weighted by atomic mass is 79.9. The molecule has 1 aromatic carbocycles. The summed E-state index contributed by atoms with van der Waals surface area (Å²) in [6.07, 6.45) is 0. The first-order valence-corrected chi connectivity index (χ1v) is 8.05. The molecule has 2 rings (SSSR count). The van der Waals surface area contributed by atoms with Gasteiger partial charge in [0, 0.05) is 31.8 Å². The first-order chi connectivity index (χ1) is 11.0. The van der Waals surface area contributed by atoms with Crippen LogP contribution in [0, 0.1) is 6.92 Å². The smallest absolute Gasteiger partial charge is 0.253 e. The number of ether oxygens (including phenoxy) is 1. The lowest BCUT2D eigenvalue weighted by Gasteiger charge is -2.17. The van der Waals surface area contributed by atoms with Crippen LogP contribution in [0.3, 0.4) is 0 Å². The Bertz CT molecular complexity index is 672. The van der Waals surface area contributed by atoms with Crippen LogP contribution in [-0.2, 0) is 6.61 Å². The Labute approximate surface area is 143 Å². The molecule has 0 fully saturated rings. The number of nitrogens with one attached hydrogen (secondary N) is 1. The van der Waals surface area contributed by atoms with Crippen LogP contribution in [0.1, 0.15) is 21.8 Å². The Morgan fingerprint density at radius 3 is 2.83 bits per heavy atom. The van der Waals surface area contributed by atoms with Gasteiger partial charge in [-0.1, -0.05) is 5.16 Å². The molecule has 0 saturated heterocycles. The number of carbonyl (C=O) groups is 1. The first kappa shape index (κ1) is 17.5. The van der Waals surface area contributed by atoms with Gasteiger partial charge in [0.2, 0.25) is 0 Å². The summed E-state index contributed by atoms with van der Waals surface area (Å²) in [5.41, 5.74) is 1.42. The number of rotatable bonds is 7. The van der Waals surface area contributed by atoms with Crippen molar-refractivity contribution in [2.24, 2.45) is 0 Å². The zero-order valence-corrected chi connectivity index (χ0v) is 15.0. The maximum atomic E-state index is 12.3. The molecule has 6 nitrogen and oxygen atoms in total. The van der Waals surface area contributed by atoms with Crippen molar-refractivity contribution in [1.29, 1.82) is 0 Å². The highest BCUT2D eigenvalue weighted by Crippen LogP contribution is 2.27. The standard InChI is InChI=1S/C16H20BrN3O3/c1-11-8-13(23-19-11)10-22-15-5-4-12(9-14(15)17)16(21)20(3)7-6-18-2/h4-5,8-9,18H,6-7,10H2,1-3H3. The minimum absolute atomic E-state index is 0.0293. The molecule has 2 aromatic rings. The number of hydrogen-bond acceptors (Lipinski definition) is 5. The van der Waals surface area contributed by atoms with E-state index < -0.39 is 0 Å². The van der Waals surface area contributed by atoms with Gasteiger partial charge in [0.15, 0.2) is 5.76 Å². The van der Waals surface area contributed by atoms with E-state index in [1.165, 1.54) is 0 Å². The van der Waals surface area contributed by atoms with Crippen molar-refractivity contribution >= 4 is 21.8 Å². The normalized spacial score (nSPS) is 10.6. The van der Waals surface area contributed by atoms with E-state index in [1.54, 1.807) is 30.1 Å². The average Bonchev–Trinajstić information content (AvgIpc) is 2.96. The number of carbonyl (C=O) groups excluding carboxylic acids is 1. The Morgan fingerprint density at radius 2 is 2.22 bits per heavy atom. The molecule has 0 aliphatic rings. The fourth-order valence-electron chi connectivity index (χ4n) is 1.99. The number of halogens is 1. The van der Waals surface area contributed by atoms with E-state index in [0.29, 0.717) is 23.6 Å². The molecule has 0 aliphatic carbocycles. The molecular formula is C16H20BrN3O3. The Balaban J connectivity index is 2.00. The van der Waals surface area contributed by atoms with Crippen LogP contribution in [0.2, 0.25) is 0 Å². The summed E-state index contributed by atoms with van der Waals surface area (Å²) < 4.78 is 11.5. The van der Waals surface area contributed by atoms with Crippen molar-refractivity contribution in [1.82, 2.24) is 15.4 Å². The fourth-order valence-corrected chi connectivity index (χ4v) is 2.48. The number of aromatic nitrogens is 1. The summed E-state index contributed by atoms with van der Waals surface area (Å²) in [6, 6.07) is 7.11. The monoisotopic (exact) mass is 381 g/mol. The van der Waals surface area contributed by atoms with E-state index in [9.17, 15) is 4.79 Å². The Kier molecular flexibility index (Phi) is 6.18. The largest absolute Gasteiger partial charge is 0.484 e. The van der Waals surface area contributed by atoms with Crippen molar-refractivity contribution < 1.29 is 14.1 Å². The summed E-state index contributed by atoms with van der Waals surface area (Å²) in [4.78, 5) is 14.0. The van der Waals surface area contributed by atoms with Gasteiger partial charge >= 0.3 is 0 Å². The molecule has 0 aliphatic heterocycles. The third-order valence-corrected chi connectivity index (χ3v) is 3.89. The van der Waals surface area contributed by atoms with Crippen LogP contribution in [0.5, 0.6) is 5.75 Å². The predicted molar refractivity (Wildman–Crippen MR) is 90.6 cm³/mol. The molecule has 23 heavy (non-hydrogen) atoms. The molecule has 0 saturated carbocycles. The van der Waals surface area contributed by atoms with Crippen LogP contribution in [0.4, 0.5) is 0 Å². The predicted octanol–water partition coefficient (Wildman–Crippen LogP) is 2.62. The number of benzene rings is 1. The van der Waals surface area contributed by atoms with E-state index in [2.05, 4.69) is 26.4 Å². The second-order valence-electron chi connectivity index (χ2n) is 5.20. The third-order valence-electron chi connectivity index (χ3n) is 3.27. The minimum Gasteiger partial charge on any atom is -0.484 e. The van der Waals surface area contributed by atoms with Gasteiger partial charge in [-0.3, -0.25) is 4.79 Å². The van der Waals surface area contributed by atoms with Crippen LogP contribution in [0.25, 0.3) is 0 Å². The lowest BCUT2D eigenvalue weighted by molar-refractivity contribution is 0.0796. The van der Waals surface area contributed by atoms with Gasteiger partial charge in [0.05, 0.1) is 10.2 Å². The molecule has 0 bridgehead atoms. The highest BCUT2D eigenvalue weighted by molar-refractivity contribution is 9.10. The number of aryl methyl sites for hydroxylation is 1. The van der Waals surface area contributed by atoms with Crippen LogP contribution >= 0.6 is 15.9 Å². The van der Waals surface area contributed by atoms with E-state index in [-0.39, 0.29) is 12.5 Å². The van der Waals surface area contributed by atoms with E-state index in [1.807, 2.05) is 20.0 Å². The molecule has 7 heteroatoms. The zero-order valence-electron chi connectivity index (χ0n) is 13.4. The van der Waals surface area contributed by atoms with Crippen LogP contribution < -0.4 is 10.1 Å². The third kappa shape index (κ3) is 4.80. The van der Waals surface area contributed by atoms with E-state index in [4.69, 9.17) is 9.26 Å². The summed E-state index contributed by atoms with van der Waals surface area (Å²) in [5.74, 6) is 1.27. The second kappa shape index (κ2) is 8.12. The van der Waals surface area contributed by atoms with Gasteiger partial charge in [-0.05, 0) is 48.1 Å². The van der Waals surface area contributed by atoms with E-state index in [0.717, 1.165) is 16.7 Å². The number of hydrogen-bond donors (Lipinski definition) is 1. The SMILES string of the molecule is CNCCN(C)C(=O)c1ccc(OCc2cc(C)no2)c(Br)c1. The molecule has 124 valence electrons. The lowest BCUT2D eigenvalue weighted by Crippen LogP contribution is -2.32. The van der Waals surface area contributed by atoms with E-state index >= 15 is 0 Å². The van der Waals surface area contributed by atoms with Crippen molar-refractivity contribution in [3.8, 4) is 5.75 Å². The molecule has 1 heterocycles. The van der Waals surface area contributed by atoms with Crippen LogP contribution in [0.15, 0.2) is 33.3 Å². The lowest BCUT2D eigenvalue weighted by atomic mass is 10.2. The van der Waals surface area contributed by atoms with Gasteiger partial charge in [0.25, 0.3) is 5.91 Å². The summed E-state index contributed by atoms with van der Waals surface area (Å²) in [7, 11) is 3.64. The zero-order chi connectivity index (χ0) is 16.8. The second-order valence-corrected chi connectivity index (χ2v) is 6.05. The van der Waals surface area contributed by atoms with Gasteiger partial charge in [-0.15, -0.1) is 0 Å². The van der Waals surface area contributed by atoms with Crippen LogP contribution in [-0.4, -0.2) is 43.1 Å². The topological polar surface area (TPSA) is 67.6 Å². The highest BCUT2D eigenvalue weighted by Gasteiger charge is 2.13. The van der Waals surface area contributed by atoms with Crippen molar-refractivity contribution in [2.45, 2.75) is 13.5 Å². The number of nitrogens with zero attached hydrogens (tertiary/aromatic N) is 2. The quantitative estimate of drug-likeness (QED) is 0.798. The molecule has 1 N–H and O–H groups in total. The molecule has 0 atom stereocenters. The Morgan fingerprint density at radius 1 is 1.43 bits per heavy atom. The number of amides is 1. The summed E-state index contributed by atoms with van der Waals surface area (Å²) in [6.45, 7) is 3.54. The fraction of sp³-hybridized carbons (Fsp3) is 0.375. The average molecular weight is 382 g/mol. The molecule has 1 aromatic heterocycles. The first-order valence-electron chi connectivity index (χ1n) is 7.26. The minimum atomic E-state index is -0.0293. The molecule has 1 amide bonds. The van der Waals surface area contributed by atoms with Crippen molar-refractivity contribution in [3.05, 3.63) is 45.8 Å². The Hall–Kier alpha value is -1.86. The summed E-state index contributed by atoms with van der Waals surface area (Å²) >= 11 is 3.44. The summed E-state index contributed by atoms with van der Waals surface area (Å²) in [5, 5.41) is 6.83. The van der Waals surface area contributed by atoms with Gasteiger partial charge in [-0.2, -0.15) is 0 Å². The van der Waals surface area contributed by atoms with Crippen molar-refractivity contribution in [2.75, 3.05) is 27.2 Å². The van der Waals surface area contributed by atoms with Gasteiger partial charge < -0.3 is 19.5 Å². The maximum Gasteiger partial charge on any atom is 0.253 e. The van der Waals surface area contributed by atoms with Gasteiger partial charge in [0.1, 0.15) is 12.4 Å². The maximum absolute atomic E-state index is 12.3. The van der Waals surface area contributed by atoms with Crippen molar-refractivity contribution in [3.63, 3.8) is 0 Å². The molecule has 0 radical (unpaired) electrons. The molecule has 0 spiro atoms. The molecular weight excluding hydrogens is 362 g/mol.